The fourth-order valence-corrected chi connectivity index (χ4v) is 8.77. The molecule has 0 aliphatic heterocycles. The van der Waals surface area contributed by atoms with Gasteiger partial charge in [0.15, 0.2) is 0 Å². The van der Waals surface area contributed by atoms with Gasteiger partial charge in [-0.3, -0.25) is 0 Å². The molecular formula is C46H30N2S. The average Bonchev–Trinajstić information content (AvgIpc) is 3.72. The Balaban J connectivity index is 1.15. The van der Waals surface area contributed by atoms with Gasteiger partial charge in [-0.05, 0) is 82.6 Å². The molecule has 0 aliphatic rings. The van der Waals surface area contributed by atoms with Gasteiger partial charge in [-0.1, -0.05) is 121 Å². The van der Waals surface area contributed by atoms with Crippen LogP contribution in [0, 0.1) is 0 Å². The molecule has 8 aromatic carbocycles. The van der Waals surface area contributed by atoms with Gasteiger partial charge in [-0.2, -0.15) is 0 Å². The fourth-order valence-electron chi connectivity index (χ4n) is 7.57. The maximum Gasteiger partial charge on any atom is 0.0640 e. The van der Waals surface area contributed by atoms with Crippen molar-refractivity contribution in [3.8, 4) is 16.8 Å². The summed E-state index contributed by atoms with van der Waals surface area (Å²) in [5.74, 6) is 0. The van der Waals surface area contributed by atoms with Crippen molar-refractivity contribution >= 4 is 81.1 Å². The average molecular weight is 643 g/mol. The highest BCUT2D eigenvalue weighted by molar-refractivity contribution is 7.26. The van der Waals surface area contributed by atoms with Crippen LogP contribution in [0.4, 0.5) is 17.1 Å². The number of nitrogens with zero attached hydrogens (tertiary/aromatic N) is 2. The van der Waals surface area contributed by atoms with Crippen molar-refractivity contribution < 1.29 is 0 Å². The van der Waals surface area contributed by atoms with E-state index in [0.717, 1.165) is 17.1 Å². The molecule has 10 aromatic rings. The molecule has 0 N–H and O–H groups in total. The van der Waals surface area contributed by atoms with E-state index in [0.29, 0.717) is 0 Å². The third-order valence-electron chi connectivity index (χ3n) is 9.76. The van der Waals surface area contributed by atoms with Crippen molar-refractivity contribution in [3.05, 3.63) is 182 Å². The SMILES string of the molecule is c1ccc(N(c2ccc(-c3cc(-n4c5ccccc5c5ccccc54)cc4ccccc34)cc2)c2cccc3c2sc2ccccc23)cc1. The Kier molecular flexibility index (Phi) is 6.39. The van der Waals surface area contributed by atoms with E-state index in [-0.39, 0.29) is 0 Å². The first-order chi connectivity index (χ1) is 24.3. The Bertz CT molecular complexity index is 2770. The van der Waals surface area contributed by atoms with Crippen molar-refractivity contribution in [2.75, 3.05) is 4.90 Å². The van der Waals surface area contributed by atoms with Gasteiger partial charge in [0.25, 0.3) is 0 Å². The molecule has 0 atom stereocenters. The third-order valence-corrected chi connectivity index (χ3v) is 11.0. The highest BCUT2D eigenvalue weighted by Crippen LogP contribution is 2.45. The molecule has 0 saturated heterocycles. The first kappa shape index (κ1) is 27.9. The van der Waals surface area contributed by atoms with E-state index in [2.05, 4.69) is 191 Å². The van der Waals surface area contributed by atoms with E-state index in [9.17, 15) is 0 Å². The molecule has 0 spiro atoms. The quantitative estimate of drug-likeness (QED) is 0.181. The molecule has 0 radical (unpaired) electrons. The molecule has 3 heteroatoms. The number of anilines is 3. The van der Waals surface area contributed by atoms with Crippen LogP contribution in [-0.4, -0.2) is 4.57 Å². The Morgan fingerprint density at radius 2 is 1.02 bits per heavy atom. The van der Waals surface area contributed by atoms with Gasteiger partial charge in [0.1, 0.15) is 0 Å². The van der Waals surface area contributed by atoms with E-state index < -0.39 is 0 Å². The summed E-state index contributed by atoms with van der Waals surface area (Å²) in [6, 6.07) is 66.1. The third kappa shape index (κ3) is 4.47. The lowest BCUT2D eigenvalue weighted by Gasteiger charge is -2.26. The van der Waals surface area contributed by atoms with E-state index in [1.807, 2.05) is 11.3 Å². The number of para-hydroxylation sites is 3. The molecular weight excluding hydrogens is 613 g/mol. The van der Waals surface area contributed by atoms with Gasteiger partial charge >= 0.3 is 0 Å². The Morgan fingerprint density at radius 1 is 0.429 bits per heavy atom. The molecule has 2 heterocycles. The van der Waals surface area contributed by atoms with Gasteiger partial charge < -0.3 is 9.47 Å². The number of benzene rings is 8. The van der Waals surface area contributed by atoms with Crippen LogP contribution in [0.2, 0.25) is 0 Å². The van der Waals surface area contributed by atoms with Crippen LogP contribution in [0.1, 0.15) is 0 Å². The van der Waals surface area contributed by atoms with Crippen molar-refractivity contribution in [3.63, 3.8) is 0 Å². The fraction of sp³-hybridized carbons (Fsp3) is 0. The minimum atomic E-state index is 1.13. The number of rotatable bonds is 5. The molecule has 0 fully saturated rings. The molecule has 0 saturated carbocycles. The smallest absolute Gasteiger partial charge is 0.0640 e. The Hall–Kier alpha value is -6.16. The number of hydrogen-bond donors (Lipinski definition) is 0. The molecule has 10 rings (SSSR count). The first-order valence-electron chi connectivity index (χ1n) is 16.7. The zero-order valence-electron chi connectivity index (χ0n) is 26.6. The van der Waals surface area contributed by atoms with Gasteiger partial charge in [-0.15, -0.1) is 11.3 Å². The van der Waals surface area contributed by atoms with Gasteiger partial charge in [0.2, 0.25) is 0 Å². The van der Waals surface area contributed by atoms with E-state index in [4.69, 9.17) is 0 Å². The lowest BCUT2D eigenvalue weighted by Crippen LogP contribution is -2.09. The van der Waals surface area contributed by atoms with Gasteiger partial charge in [0, 0.05) is 43.3 Å². The Labute approximate surface area is 288 Å². The summed E-state index contributed by atoms with van der Waals surface area (Å²) < 4.78 is 5.02. The topological polar surface area (TPSA) is 8.17 Å². The maximum absolute atomic E-state index is 2.41. The number of fused-ring (bicyclic) bond motifs is 7. The van der Waals surface area contributed by atoms with Crippen molar-refractivity contribution in [2.24, 2.45) is 0 Å². The molecule has 49 heavy (non-hydrogen) atoms. The molecule has 0 bridgehead atoms. The highest BCUT2D eigenvalue weighted by atomic mass is 32.1. The Morgan fingerprint density at radius 3 is 1.78 bits per heavy atom. The second kappa shape index (κ2) is 11.2. The minimum absolute atomic E-state index is 1.13. The van der Waals surface area contributed by atoms with Crippen molar-refractivity contribution in [2.45, 2.75) is 0 Å². The summed E-state index contributed by atoms with van der Waals surface area (Å²) in [5.41, 5.74) is 9.47. The summed E-state index contributed by atoms with van der Waals surface area (Å²) in [6.07, 6.45) is 0. The van der Waals surface area contributed by atoms with Crippen molar-refractivity contribution in [1.29, 1.82) is 0 Å². The highest BCUT2D eigenvalue weighted by Gasteiger charge is 2.19. The molecule has 230 valence electrons. The summed E-state index contributed by atoms with van der Waals surface area (Å²) in [5, 5.41) is 7.61. The molecule has 2 aromatic heterocycles. The van der Waals surface area contributed by atoms with Crippen molar-refractivity contribution in [1.82, 2.24) is 4.57 Å². The zero-order chi connectivity index (χ0) is 32.3. The van der Waals surface area contributed by atoms with E-state index in [1.54, 1.807) is 0 Å². The predicted octanol–water partition coefficient (Wildman–Crippen LogP) is 13.4. The van der Waals surface area contributed by atoms with Crippen LogP contribution in [0.3, 0.4) is 0 Å². The van der Waals surface area contributed by atoms with Crippen LogP contribution in [0.5, 0.6) is 0 Å². The predicted molar refractivity (Wildman–Crippen MR) is 211 cm³/mol. The molecule has 2 nitrogen and oxygen atoms in total. The summed E-state index contributed by atoms with van der Waals surface area (Å²) in [4.78, 5) is 2.40. The number of hydrogen-bond acceptors (Lipinski definition) is 2. The standard InChI is InChI=1S/C46H30N2S/c1-2-14-33(15-3-1)47(44-23-12-20-40-39-19-8-11-24-45(39)49-46(40)44)34-27-25-31(26-28-34)41-30-35(29-32-13-4-5-16-36(32)41)48-42-21-9-6-17-37(42)38-18-7-10-22-43(38)48/h1-30H. The largest absolute Gasteiger partial charge is 0.309 e. The van der Waals surface area contributed by atoms with Crippen LogP contribution in [0.15, 0.2) is 182 Å². The lowest BCUT2D eigenvalue weighted by molar-refractivity contribution is 1.19. The second-order valence-electron chi connectivity index (χ2n) is 12.6. The monoisotopic (exact) mass is 642 g/mol. The molecule has 0 amide bonds. The summed E-state index contributed by atoms with van der Waals surface area (Å²) >= 11 is 1.87. The second-order valence-corrected chi connectivity index (χ2v) is 13.6. The maximum atomic E-state index is 2.41. The number of thiophene rings is 1. The van der Waals surface area contributed by atoms with Crippen LogP contribution in [0.25, 0.3) is 69.6 Å². The lowest BCUT2D eigenvalue weighted by atomic mass is 9.96. The van der Waals surface area contributed by atoms with Crippen LogP contribution in [-0.2, 0) is 0 Å². The van der Waals surface area contributed by atoms with E-state index in [1.165, 1.54) is 69.6 Å². The van der Waals surface area contributed by atoms with Gasteiger partial charge in [0.05, 0.1) is 21.4 Å². The van der Waals surface area contributed by atoms with Gasteiger partial charge in [-0.25, -0.2) is 0 Å². The van der Waals surface area contributed by atoms with Crippen LogP contribution >= 0.6 is 11.3 Å². The summed E-state index contributed by atoms with van der Waals surface area (Å²) in [7, 11) is 0. The number of aromatic nitrogens is 1. The summed E-state index contributed by atoms with van der Waals surface area (Å²) in [6.45, 7) is 0. The van der Waals surface area contributed by atoms with Crippen LogP contribution < -0.4 is 4.90 Å². The minimum Gasteiger partial charge on any atom is -0.309 e. The molecule has 0 aliphatic carbocycles. The zero-order valence-corrected chi connectivity index (χ0v) is 27.4. The molecule has 0 unspecified atom stereocenters. The van der Waals surface area contributed by atoms with E-state index >= 15 is 0 Å². The normalized spacial score (nSPS) is 11.7. The first-order valence-corrected chi connectivity index (χ1v) is 17.5.